The number of nitrogens with one attached hydrogen (secondary N) is 1. The first kappa shape index (κ1) is 10.8. The Bertz CT molecular complexity index is 471. The number of halogens is 1. The van der Waals surface area contributed by atoms with E-state index in [0.717, 1.165) is 11.4 Å². The van der Waals surface area contributed by atoms with Crippen molar-refractivity contribution >= 4 is 23.0 Å². The molecule has 0 saturated heterocycles. The number of nitrogen functional groups attached to an aromatic ring is 1. The van der Waals surface area contributed by atoms with Crippen LogP contribution in [0, 0.1) is 0 Å². The maximum Gasteiger partial charge on any atom is 0.0658 e. The maximum absolute atomic E-state index is 6.03. The number of benzene rings is 1. The zero-order valence-corrected chi connectivity index (χ0v) is 9.41. The second kappa shape index (κ2) is 4.86. The Morgan fingerprint density at radius 2 is 2.12 bits per heavy atom. The summed E-state index contributed by atoms with van der Waals surface area (Å²) in [5.41, 5.74) is 8.10. The van der Waals surface area contributed by atoms with Crippen molar-refractivity contribution in [3.63, 3.8) is 0 Å². The van der Waals surface area contributed by atoms with Gasteiger partial charge in [0.2, 0.25) is 0 Å². The molecule has 0 fully saturated rings. The molecule has 0 unspecified atom stereocenters. The Morgan fingerprint density at radius 1 is 1.25 bits per heavy atom. The molecule has 16 heavy (non-hydrogen) atoms. The zero-order valence-electron chi connectivity index (χ0n) is 8.65. The summed E-state index contributed by atoms with van der Waals surface area (Å²) in [7, 11) is 0. The van der Waals surface area contributed by atoms with Gasteiger partial charge < -0.3 is 11.1 Å². The third-order valence-electron chi connectivity index (χ3n) is 2.18. The molecule has 0 aliphatic rings. The van der Waals surface area contributed by atoms with Crippen molar-refractivity contribution in [3.05, 3.63) is 53.3 Å². The van der Waals surface area contributed by atoms with Crippen LogP contribution in [0.5, 0.6) is 0 Å². The monoisotopic (exact) mass is 233 g/mol. The summed E-state index contributed by atoms with van der Waals surface area (Å²) in [4.78, 5) is 4.21. The van der Waals surface area contributed by atoms with Gasteiger partial charge in [-0.05, 0) is 30.3 Å². The van der Waals surface area contributed by atoms with Gasteiger partial charge in [-0.15, -0.1) is 0 Å². The van der Waals surface area contributed by atoms with Crippen molar-refractivity contribution in [1.29, 1.82) is 0 Å². The molecule has 2 aromatic rings. The Hall–Kier alpha value is -1.74. The average molecular weight is 234 g/mol. The van der Waals surface area contributed by atoms with Gasteiger partial charge >= 0.3 is 0 Å². The quantitative estimate of drug-likeness (QED) is 0.802. The van der Waals surface area contributed by atoms with E-state index in [1.807, 2.05) is 30.3 Å². The van der Waals surface area contributed by atoms with Gasteiger partial charge in [0.05, 0.1) is 22.9 Å². The summed E-state index contributed by atoms with van der Waals surface area (Å²) in [5.74, 6) is 0. The van der Waals surface area contributed by atoms with Gasteiger partial charge in [-0.1, -0.05) is 17.7 Å². The van der Waals surface area contributed by atoms with Crippen LogP contribution in [-0.2, 0) is 6.54 Å². The lowest BCUT2D eigenvalue weighted by atomic mass is 10.2. The van der Waals surface area contributed by atoms with Crippen LogP contribution >= 0.6 is 11.6 Å². The van der Waals surface area contributed by atoms with Crippen molar-refractivity contribution < 1.29 is 0 Å². The maximum atomic E-state index is 6.03. The van der Waals surface area contributed by atoms with Crippen molar-refractivity contribution in [2.24, 2.45) is 0 Å². The van der Waals surface area contributed by atoms with Crippen molar-refractivity contribution in [1.82, 2.24) is 4.98 Å². The first-order chi connectivity index (χ1) is 7.75. The molecule has 0 spiro atoms. The summed E-state index contributed by atoms with van der Waals surface area (Å²) in [5, 5.41) is 3.83. The number of rotatable bonds is 3. The molecule has 1 aromatic carbocycles. The van der Waals surface area contributed by atoms with Crippen LogP contribution in [0.3, 0.4) is 0 Å². The largest absolute Gasteiger partial charge is 0.399 e. The summed E-state index contributed by atoms with van der Waals surface area (Å²) in [6, 6.07) is 11.2. The molecule has 0 aliphatic carbocycles. The molecular formula is C12H12ClN3. The van der Waals surface area contributed by atoms with Crippen molar-refractivity contribution in [3.8, 4) is 0 Å². The minimum Gasteiger partial charge on any atom is -0.399 e. The van der Waals surface area contributed by atoms with Gasteiger partial charge in [0.1, 0.15) is 0 Å². The van der Waals surface area contributed by atoms with Crippen LogP contribution in [0.15, 0.2) is 42.6 Å². The molecule has 1 aromatic heterocycles. The van der Waals surface area contributed by atoms with Gasteiger partial charge in [-0.2, -0.15) is 0 Å². The third kappa shape index (κ3) is 2.64. The van der Waals surface area contributed by atoms with E-state index >= 15 is 0 Å². The van der Waals surface area contributed by atoms with E-state index in [4.69, 9.17) is 17.3 Å². The van der Waals surface area contributed by atoms with E-state index in [2.05, 4.69) is 10.3 Å². The molecular weight excluding hydrogens is 222 g/mol. The highest BCUT2D eigenvalue weighted by atomic mass is 35.5. The fraction of sp³-hybridized carbons (Fsp3) is 0.0833. The van der Waals surface area contributed by atoms with E-state index in [0.29, 0.717) is 17.3 Å². The van der Waals surface area contributed by atoms with Gasteiger partial charge in [0.25, 0.3) is 0 Å². The van der Waals surface area contributed by atoms with E-state index in [-0.39, 0.29) is 0 Å². The highest BCUT2D eigenvalue weighted by Crippen LogP contribution is 2.24. The normalized spacial score (nSPS) is 10.1. The van der Waals surface area contributed by atoms with Crippen LogP contribution in [-0.4, -0.2) is 4.98 Å². The van der Waals surface area contributed by atoms with E-state index in [9.17, 15) is 0 Å². The number of aromatic nitrogens is 1. The number of hydrogen-bond acceptors (Lipinski definition) is 3. The van der Waals surface area contributed by atoms with Crippen LogP contribution in [0.25, 0.3) is 0 Å². The Balaban J connectivity index is 2.05. The second-order valence-corrected chi connectivity index (χ2v) is 3.82. The van der Waals surface area contributed by atoms with Crippen LogP contribution in [0.2, 0.25) is 5.02 Å². The fourth-order valence-electron chi connectivity index (χ4n) is 1.36. The molecule has 2 rings (SSSR count). The number of anilines is 2. The van der Waals surface area contributed by atoms with Gasteiger partial charge in [-0.25, -0.2) is 0 Å². The predicted molar refractivity (Wildman–Crippen MR) is 67.4 cm³/mol. The molecule has 0 amide bonds. The molecule has 4 heteroatoms. The highest BCUT2D eigenvalue weighted by Gasteiger charge is 2.00. The van der Waals surface area contributed by atoms with Gasteiger partial charge in [-0.3, -0.25) is 4.98 Å². The number of nitrogens with two attached hydrogens (primary N) is 1. The van der Waals surface area contributed by atoms with E-state index in [1.165, 1.54) is 0 Å². The molecule has 1 heterocycles. The van der Waals surface area contributed by atoms with Crippen LogP contribution < -0.4 is 11.1 Å². The molecule has 82 valence electrons. The number of hydrogen-bond donors (Lipinski definition) is 2. The molecule has 0 saturated carbocycles. The molecule has 0 atom stereocenters. The second-order valence-electron chi connectivity index (χ2n) is 3.41. The van der Waals surface area contributed by atoms with E-state index < -0.39 is 0 Å². The standard InChI is InChI=1S/C12H12ClN3/c13-11-7-9(14)4-5-12(11)16-8-10-3-1-2-6-15-10/h1-7,16H,8,14H2. The smallest absolute Gasteiger partial charge is 0.0658 e. The minimum absolute atomic E-state index is 0.621. The third-order valence-corrected chi connectivity index (χ3v) is 2.49. The SMILES string of the molecule is Nc1ccc(NCc2ccccn2)c(Cl)c1. The van der Waals surface area contributed by atoms with Crippen LogP contribution in [0.4, 0.5) is 11.4 Å². The lowest BCUT2D eigenvalue weighted by Crippen LogP contribution is -2.01. The Morgan fingerprint density at radius 3 is 2.81 bits per heavy atom. The summed E-state index contributed by atoms with van der Waals surface area (Å²) in [6.45, 7) is 0.643. The lowest BCUT2D eigenvalue weighted by molar-refractivity contribution is 1.05. The average Bonchev–Trinajstić information content (AvgIpc) is 2.29. The summed E-state index contributed by atoms with van der Waals surface area (Å²) < 4.78 is 0. The van der Waals surface area contributed by atoms with Crippen LogP contribution in [0.1, 0.15) is 5.69 Å². The topological polar surface area (TPSA) is 50.9 Å². The number of pyridine rings is 1. The minimum atomic E-state index is 0.621. The molecule has 3 N–H and O–H groups in total. The van der Waals surface area contributed by atoms with Crippen molar-refractivity contribution in [2.45, 2.75) is 6.54 Å². The zero-order chi connectivity index (χ0) is 11.4. The highest BCUT2D eigenvalue weighted by molar-refractivity contribution is 6.33. The molecule has 0 bridgehead atoms. The lowest BCUT2D eigenvalue weighted by Gasteiger charge is -2.08. The predicted octanol–water partition coefficient (Wildman–Crippen LogP) is 2.93. The Kier molecular flexibility index (Phi) is 3.27. The molecule has 3 nitrogen and oxygen atoms in total. The summed E-state index contributed by atoms with van der Waals surface area (Å²) >= 11 is 6.03. The Labute approximate surface area is 99.3 Å². The van der Waals surface area contributed by atoms with Gasteiger partial charge in [0, 0.05) is 11.9 Å². The molecule has 0 radical (unpaired) electrons. The van der Waals surface area contributed by atoms with Crippen molar-refractivity contribution in [2.75, 3.05) is 11.1 Å². The summed E-state index contributed by atoms with van der Waals surface area (Å²) in [6.07, 6.45) is 1.77. The fourth-order valence-corrected chi connectivity index (χ4v) is 1.62. The first-order valence-electron chi connectivity index (χ1n) is 4.94. The van der Waals surface area contributed by atoms with E-state index in [1.54, 1.807) is 12.3 Å². The van der Waals surface area contributed by atoms with Gasteiger partial charge in [0.15, 0.2) is 0 Å². The first-order valence-corrected chi connectivity index (χ1v) is 5.32. The molecule has 0 aliphatic heterocycles. The number of nitrogens with zero attached hydrogens (tertiary/aromatic N) is 1.